The number of hydrogen-bond acceptors (Lipinski definition) is 3. The van der Waals surface area contributed by atoms with Crippen molar-refractivity contribution in [3.8, 4) is 6.07 Å². The Hall–Kier alpha value is -0.590. The number of unbranched alkanes of at least 4 members (excludes halogenated alkanes) is 2. The minimum Gasteiger partial charge on any atom is -0.395 e. The van der Waals surface area contributed by atoms with Gasteiger partial charge in [-0.1, -0.05) is 0 Å². The minimum atomic E-state index is 0.219. The van der Waals surface area contributed by atoms with Gasteiger partial charge < -0.3 is 5.11 Å². The molecule has 0 aromatic rings. The van der Waals surface area contributed by atoms with Crippen LogP contribution in [-0.4, -0.2) is 35.7 Å². The van der Waals surface area contributed by atoms with Crippen molar-refractivity contribution in [1.82, 2.24) is 4.90 Å². The van der Waals surface area contributed by atoms with Crippen LogP contribution in [0.15, 0.2) is 0 Å². The first kappa shape index (κ1) is 12.4. The summed E-state index contributed by atoms with van der Waals surface area (Å²) < 4.78 is 0. The molecular weight excluding hydrogens is 164 g/mol. The Bertz CT molecular complexity index is 151. The minimum absolute atomic E-state index is 0.219. The second-order valence-corrected chi connectivity index (χ2v) is 3.47. The predicted molar refractivity (Wildman–Crippen MR) is 53.3 cm³/mol. The third kappa shape index (κ3) is 6.56. The molecule has 3 nitrogen and oxygen atoms in total. The van der Waals surface area contributed by atoms with Crippen molar-refractivity contribution in [1.29, 1.82) is 5.26 Å². The zero-order valence-electron chi connectivity index (χ0n) is 8.66. The maximum absolute atomic E-state index is 8.79. The molecule has 3 heteroatoms. The van der Waals surface area contributed by atoms with E-state index in [1.807, 2.05) is 0 Å². The van der Waals surface area contributed by atoms with Crippen LogP contribution in [0.3, 0.4) is 0 Å². The summed E-state index contributed by atoms with van der Waals surface area (Å²) >= 11 is 0. The highest BCUT2D eigenvalue weighted by Gasteiger charge is 2.07. The van der Waals surface area contributed by atoms with Crippen LogP contribution in [0, 0.1) is 11.3 Å². The average molecular weight is 184 g/mol. The van der Waals surface area contributed by atoms with Crippen molar-refractivity contribution >= 4 is 0 Å². The smallest absolute Gasteiger partial charge is 0.0621 e. The molecule has 0 fully saturated rings. The quantitative estimate of drug-likeness (QED) is 0.608. The van der Waals surface area contributed by atoms with E-state index in [1.54, 1.807) is 0 Å². The Kier molecular flexibility index (Phi) is 7.66. The molecule has 0 radical (unpaired) electrons. The molecule has 0 aliphatic heterocycles. The molecule has 76 valence electrons. The van der Waals surface area contributed by atoms with E-state index in [0.29, 0.717) is 12.5 Å². The molecule has 0 bridgehead atoms. The van der Waals surface area contributed by atoms with Gasteiger partial charge in [0.25, 0.3) is 0 Å². The molecule has 0 aliphatic rings. The van der Waals surface area contributed by atoms with Crippen LogP contribution < -0.4 is 0 Å². The molecule has 0 saturated carbocycles. The Morgan fingerprint density at radius 2 is 2.00 bits per heavy atom. The van der Waals surface area contributed by atoms with Crippen LogP contribution >= 0.6 is 0 Å². The zero-order valence-corrected chi connectivity index (χ0v) is 8.66. The van der Waals surface area contributed by atoms with Crippen LogP contribution in [-0.2, 0) is 0 Å². The molecule has 0 amide bonds. The summed E-state index contributed by atoms with van der Waals surface area (Å²) in [6.45, 7) is 6.19. The topological polar surface area (TPSA) is 47.3 Å². The molecular formula is C10H20N2O. The Balaban J connectivity index is 3.52. The van der Waals surface area contributed by atoms with E-state index in [9.17, 15) is 0 Å². The molecule has 0 saturated heterocycles. The molecule has 0 atom stereocenters. The average Bonchev–Trinajstić information content (AvgIpc) is 2.10. The van der Waals surface area contributed by atoms with Crippen molar-refractivity contribution in [2.24, 2.45) is 0 Å². The first-order valence-electron chi connectivity index (χ1n) is 4.94. The van der Waals surface area contributed by atoms with Gasteiger partial charge in [-0.05, 0) is 33.2 Å². The van der Waals surface area contributed by atoms with Gasteiger partial charge in [0.15, 0.2) is 0 Å². The van der Waals surface area contributed by atoms with Crippen molar-refractivity contribution in [3.05, 3.63) is 0 Å². The first-order valence-corrected chi connectivity index (χ1v) is 4.94. The lowest BCUT2D eigenvalue weighted by molar-refractivity contribution is 0.164. The maximum atomic E-state index is 8.79. The SMILES string of the molecule is CC(C)N(CCO)CCCCC#N. The summed E-state index contributed by atoms with van der Waals surface area (Å²) in [7, 11) is 0. The number of nitrogens with zero attached hydrogens (tertiary/aromatic N) is 2. The second kappa shape index (κ2) is 8.03. The van der Waals surface area contributed by atoms with E-state index in [0.717, 1.165) is 25.9 Å². The van der Waals surface area contributed by atoms with Gasteiger partial charge in [0.05, 0.1) is 12.7 Å². The van der Waals surface area contributed by atoms with Crippen molar-refractivity contribution in [3.63, 3.8) is 0 Å². The summed E-state index contributed by atoms with van der Waals surface area (Å²) in [6, 6.07) is 2.62. The highest BCUT2D eigenvalue weighted by molar-refractivity contribution is 4.69. The molecule has 13 heavy (non-hydrogen) atoms. The van der Waals surface area contributed by atoms with Gasteiger partial charge in [-0.3, -0.25) is 4.90 Å². The van der Waals surface area contributed by atoms with Crippen molar-refractivity contribution < 1.29 is 5.11 Å². The molecule has 0 heterocycles. The van der Waals surface area contributed by atoms with Crippen molar-refractivity contribution in [2.75, 3.05) is 19.7 Å². The Labute approximate surface area is 81.0 Å². The Morgan fingerprint density at radius 3 is 2.46 bits per heavy atom. The second-order valence-electron chi connectivity index (χ2n) is 3.47. The molecule has 0 aliphatic carbocycles. The van der Waals surface area contributed by atoms with E-state index in [1.165, 1.54) is 0 Å². The number of aliphatic hydroxyl groups excluding tert-OH is 1. The number of rotatable bonds is 7. The lowest BCUT2D eigenvalue weighted by Crippen LogP contribution is -2.34. The van der Waals surface area contributed by atoms with E-state index in [2.05, 4.69) is 24.8 Å². The summed E-state index contributed by atoms with van der Waals surface area (Å²) in [4.78, 5) is 2.23. The first-order chi connectivity index (χ1) is 6.22. The third-order valence-corrected chi connectivity index (χ3v) is 2.10. The summed E-state index contributed by atoms with van der Waals surface area (Å²) in [5, 5.41) is 17.1. The summed E-state index contributed by atoms with van der Waals surface area (Å²) in [5.41, 5.74) is 0. The normalized spacial score (nSPS) is 10.8. The van der Waals surface area contributed by atoms with Crippen LogP contribution in [0.4, 0.5) is 0 Å². The molecule has 0 spiro atoms. The van der Waals surface area contributed by atoms with Gasteiger partial charge >= 0.3 is 0 Å². The van der Waals surface area contributed by atoms with Gasteiger partial charge in [-0.2, -0.15) is 5.26 Å². The number of aliphatic hydroxyl groups is 1. The summed E-state index contributed by atoms with van der Waals surface area (Å²) in [6.07, 6.45) is 2.65. The van der Waals surface area contributed by atoms with Gasteiger partial charge in [-0.15, -0.1) is 0 Å². The van der Waals surface area contributed by atoms with E-state index in [-0.39, 0.29) is 6.61 Å². The number of nitriles is 1. The molecule has 0 aromatic heterocycles. The van der Waals surface area contributed by atoms with Gasteiger partial charge in [0, 0.05) is 19.0 Å². The monoisotopic (exact) mass is 184 g/mol. The van der Waals surface area contributed by atoms with Crippen LogP contribution in [0.25, 0.3) is 0 Å². The maximum Gasteiger partial charge on any atom is 0.0621 e. The van der Waals surface area contributed by atoms with E-state index < -0.39 is 0 Å². The fourth-order valence-corrected chi connectivity index (χ4v) is 1.28. The lowest BCUT2D eigenvalue weighted by atomic mass is 10.2. The zero-order chi connectivity index (χ0) is 10.1. The van der Waals surface area contributed by atoms with Gasteiger partial charge in [0.1, 0.15) is 0 Å². The van der Waals surface area contributed by atoms with Crippen LogP contribution in [0.1, 0.15) is 33.1 Å². The largest absolute Gasteiger partial charge is 0.395 e. The summed E-state index contributed by atoms with van der Waals surface area (Å²) in [5.74, 6) is 0. The lowest BCUT2D eigenvalue weighted by Gasteiger charge is -2.25. The highest BCUT2D eigenvalue weighted by atomic mass is 16.3. The highest BCUT2D eigenvalue weighted by Crippen LogP contribution is 2.02. The molecule has 0 rings (SSSR count). The number of hydrogen-bond donors (Lipinski definition) is 1. The fraction of sp³-hybridized carbons (Fsp3) is 0.900. The predicted octanol–water partition coefficient (Wildman–Crippen LogP) is 1.38. The molecule has 0 unspecified atom stereocenters. The van der Waals surface area contributed by atoms with Crippen LogP contribution in [0.2, 0.25) is 0 Å². The Morgan fingerprint density at radius 1 is 1.31 bits per heavy atom. The van der Waals surface area contributed by atoms with Crippen molar-refractivity contribution in [2.45, 2.75) is 39.2 Å². The molecule has 0 aromatic carbocycles. The van der Waals surface area contributed by atoms with E-state index in [4.69, 9.17) is 10.4 Å². The van der Waals surface area contributed by atoms with Gasteiger partial charge in [0.2, 0.25) is 0 Å². The fourth-order valence-electron chi connectivity index (χ4n) is 1.28. The standard InChI is InChI=1S/C10H20N2O/c1-10(2)12(8-9-13)7-5-3-4-6-11/h10,13H,3-5,7-9H2,1-2H3. The van der Waals surface area contributed by atoms with Gasteiger partial charge in [-0.25, -0.2) is 0 Å². The molecule has 1 N–H and O–H groups in total. The third-order valence-electron chi connectivity index (χ3n) is 2.10. The van der Waals surface area contributed by atoms with E-state index >= 15 is 0 Å². The van der Waals surface area contributed by atoms with Crippen LogP contribution in [0.5, 0.6) is 0 Å².